The third kappa shape index (κ3) is 2.05. The summed E-state index contributed by atoms with van der Waals surface area (Å²) in [7, 11) is -1.52. The van der Waals surface area contributed by atoms with Crippen molar-refractivity contribution in [1.82, 2.24) is 4.57 Å². The van der Waals surface area contributed by atoms with Gasteiger partial charge in [0.15, 0.2) is 0 Å². The van der Waals surface area contributed by atoms with Crippen molar-refractivity contribution in [3.05, 3.63) is 18.0 Å². The predicted molar refractivity (Wildman–Crippen MR) is 54.6 cm³/mol. The molecule has 0 saturated heterocycles. The van der Waals surface area contributed by atoms with Crippen LogP contribution in [0.5, 0.6) is 0 Å². The molecule has 0 aliphatic heterocycles. The summed E-state index contributed by atoms with van der Waals surface area (Å²) in [5.41, 5.74) is 1.19. The van der Waals surface area contributed by atoms with E-state index in [-0.39, 0.29) is 11.8 Å². The molecule has 1 heterocycles. The summed E-state index contributed by atoms with van der Waals surface area (Å²) in [6.07, 6.45) is 3.10. The largest absolute Gasteiger partial charge is 0.490 e. The second kappa shape index (κ2) is 3.98. The highest BCUT2D eigenvalue weighted by Crippen LogP contribution is 2.12. The van der Waals surface area contributed by atoms with Crippen LogP contribution in [0.2, 0.25) is 0 Å². The summed E-state index contributed by atoms with van der Waals surface area (Å²) in [5.74, 6) is 0.0196. The van der Waals surface area contributed by atoms with Crippen molar-refractivity contribution < 1.29 is 14.8 Å². The fourth-order valence-electron chi connectivity index (χ4n) is 1.37. The van der Waals surface area contributed by atoms with Gasteiger partial charge in [-0.1, -0.05) is 13.8 Å². The summed E-state index contributed by atoms with van der Waals surface area (Å²) < 4.78 is 1.37. The normalized spacial score (nSPS) is 10.7. The van der Waals surface area contributed by atoms with Gasteiger partial charge in [0, 0.05) is 24.8 Å². The van der Waals surface area contributed by atoms with Gasteiger partial charge in [-0.3, -0.25) is 9.36 Å². The lowest BCUT2D eigenvalue weighted by atomic mass is 9.77. The monoisotopic (exact) mass is 195 g/mol. The number of hydrogen-bond donors (Lipinski definition) is 2. The molecular weight excluding hydrogens is 181 g/mol. The van der Waals surface area contributed by atoms with Gasteiger partial charge in [0.25, 0.3) is 0 Å². The number of hydrogen-bond acceptors (Lipinski definition) is 3. The van der Waals surface area contributed by atoms with Crippen molar-refractivity contribution in [1.29, 1.82) is 0 Å². The fraction of sp³-hybridized carbons (Fsp3) is 0.444. The smallest absolute Gasteiger partial charge is 0.423 e. The number of rotatable bonds is 2. The van der Waals surface area contributed by atoms with E-state index in [1.54, 1.807) is 6.20 Å². The minimum absolute atomic E-state index is 0.140. The Labute approximate surface area is 83.3 Å². The Balaban J connectivity index is 3.19. The molecule has 5 heteroatoms. The Hall–Kier alpha value is -1.07. The van der Waals surface area contributed by atoms with Crippen molar-refractivity contribution in [2.75, 3.05) is 0 Å². The Kier molecular flexibility index (Phi) is 3.13. The molecule has 4 nitrogen and oxygen atoms in total. The molecule has 0 aliphatic rings. The number of carbonyl (C=O) groups is 1. The SMILES string of the molecule is CC(=O)n1cc(B(O)O)c(C(C)C)c1. The molecule has 1 rings (SSSR count). The molecular formula is C9H14BNO3. The van der Waals surface area contributed by atoms with Crippen molar-refractivity contribution in [2.24, 2.45) is 0 Å². The number of carbonyl (C=O) groups excluding carboxylic acids is 1. The summed E-state index contributed by atoms with van der Waals surface area (Å²) in [6, 6.07) is 0. The van der Waals surface area contributed by atoms with Gasteiger partial charge < -0.3 is 10.0 Å². The van der Waals surface area contributed by atoms with Gasteiger partial charge in [0.2, 0.25) is 5.91 Å². The maximum Gasteiger partial charge on any atom is 0.490 e. The second-order valence-corrected chi connectivity index (χ2v) is 3.62. The lowest BCUT2D eigenvalue weighted by molar-refractivity contribution is 0.0937. The highest BCUT2D eigenvalue weighted by atomic mass is 16.4. The summed E-state index contributed by atoms with van der Waals surface area (Å²) in [5, 5.41) is 18.2. The molecule has 14 heavy (non-hydrogen) atoms. The summed E-state index contributed by atoms with van der Waals surface area (Å²) in [6.45, 7) is 5.30. The van der Waals surface area contributed by atoms with Crippen molar-refractivity contribution in [2.45, 2.75) is 26.7 Å². The molecule has 0 unspecified atom stereocenters. The predicted octanol–water partition coefficient (Wildman–Crippen LogP) is -0.0486. The second-order valence-electron chi connectivity index (χ2n) is 3.62. The lowest BCUT2D eigenvalue weighted by Crippen LogP contribution is -2.32. The molecule has 0 fully saturated rings. The van der Waals surface area contributed by atoms with Crippen molar-refractivity contribution >= 4 is 18.5 Å². The molecule has 0 atom stereocenters. The van der Waals surface area contributed by atoms with Crippen molar-refractivity contribution in [3.63, 3.8) is 0 Å². The Morgan fingerprint density at radius 1 is 1.43 bits per heavy atom. The van der Waals surface area contributed by atoms with E-state index in [9.17, 15) is 4.79 Å². The van der Waals surface area contributed by atoms with E-state index in [0.29, 0.717) is 5.46 Å². The third-order valence-electron chi connectivity index (χ3n) is 2.15. The van der Waals surface area contributed by atoms with Gasteiger partial charge in [-0.25, -0.2) is 0 Å². The van der Waals surface area contributed by atoms with Crippen LogP contribution in [0.25, 0.3) is 0 Å². The molecule has 1 aromatic rings. The van der Waals surface area contributed by atoms with E-state index in [1.807, 2.05) is 13.8 Å². The van der Waals surface area contributed by atoms with E-state index >= 15 is 0 Å². The van der Waals surface area contributed by atoms with E-state index in [0.717, 1.165) is 5.56 Å². The first-order valence-electron chi connectivity index (χ1n) is 4.52. The Morgan fingerprint density at radius 2 is 2.00 bits per heavy atom. The van der Waals surface area contributed by atoms with E-state index in [4.69, 9.17) is 10.0 Å². The van der Waals surface area contributed by atoms with Crippen LogP contribution < -0.4 is 5.46 Å². The zero-order valence-electron chi connectivity index (χ0n) is 8.56. The van der Waals surface area contributed by atoms with Gasteiger partial charge in [-0.15, -0.1) is 0 Å². The molecule has 0 spiro atoms. The fourth-order valence-corrected chi connectivity index (χ4v) is 1.37. The number of nitrogens with zero attached hydrogens (tertiary/aromatic N) is 1. The lowest BCUT2D eigenvalue weighted by Gasteiger charge is -2.04. The van der Waals surface area contributed by atoms with E-state index in [2.05, 4.69) is 0 Å². The highest BCUT2D eigenvalue weighted by molar-refractivity contribution is 6.59. The van der Waals surface area contributed by atoms with Gasteiger partial charge in [-0.2, -0.15) is 0 Å². The summed E-state index contributed by atoms with van der Waals surface area (Å²) >= 11 is 0. The molecule has 0 aromatic carbocycles. The Bertz CT molecular complexity index is 318. The van der Waals surface area contributed by atoms with E-state index < -0.39 is 7.12 Å². The molecule has 1 aromatic heterocycles. The molecule has 0 aliphatic carbocycles. The van der Waals surface area contributed by atoms with Crippen LogP contribution in [-0.2, 0) is 0 Å². The zero-order valence-corrected chi connectivity index (χ0v) is 8.56. The quantitative estimate of drug-likeness (QED) is 0.650. The highest BCUT2D eigenvalue weighted by Gasteiger charge is 2.20. The van der Waals surface area contributed by atoms with Gasteiger partial charge in [0.1, 0.15) is 0 Å². The third-order valence-corrected chi connectivity index (χ3v) is 2.15. The van der Waals surface area contributed by atoms with Crippen LogP contribution in [0.15, 0.2) is 12.4 Å². The molecule has 2 N–H and O–H groups in total. The maximum absolute atomic E-state index is 11.1. The Morgan fingerprint density at radius 3 is 2.29 bits per heavy atom. The van der Waals surface area contributed by atoms with Crippen LogP contribution in [0, 0.1) is 0 Å². The average Bonchev–Trinajstić information content (AvgIpc) is 2.47. The molecule has 0 radical (unpaired) electrons. The number of aromatic nitrogens is 1. The summed E-state index contributed by atoms with van der Waals surface area (Å²) in [4.78, 5) is 11.1. The van der Waals surface area contributed by atoms with Crippen LogP contribution in [0.1, 0.15) is 37.0 Å². The average molecular weight is 195 g/mol. The molecule has 0 saturated carbocycles. The standard InChI is InChI=1S/C9H14BNO3/c1-6(2)8-4-11(7(3)12)5-9(8)10(13)14/h4-6,13-14H,1-3H3. The van der Waals surface area contributed by atoms with Gasteiger partial charge >= 0.3 is 7.12 Å². The topological polar surface area (TPSA) is 62.5 Å². The van der Waals surface area contributed by atoms with Gasteiger partial charge in [-0.05, 0) is 11.5 Å². The van der Waals surface area contributed by atoms with Crippen molar-refractivity contribution in [3.8, 4) is 0 Å². The van der Waals surface area contributed by atoms with Crippen LogP contribution in [-0.4, -0.2) is 27.6 Å². The van der Waals surface area contributed by atoms with Crippen LogP contribution >= 0.6 is 0 Å². The maximum atomic E-state index is 11.1. The molecule has 0 bridgehead atoms. The first-order chi connectivity index (χ1) is 6.43. The first kappa shape index (κ1) is 11.0. The molecule has 0 amide bonds. The van der Waals surface area contributed by atoms with Crippen LogP contribution in [0.4, 0.5) is 0 Å². The minimum Gasteiger partial charge on any atom is -0.423 e. The van der Waals surface area contributed by atoms with E-state index in [1.165, 1.54) is 17.7 Å². The minimum atomic E-state index is -1.52. The molecule has 76 valence electrons. The first-order valence-corrected chi connectivity index (χ1v) is 4.52. The van der Waals surface area contributed by atoms with Gasteiger partial charge in [0.05, 0.1) is 0 Å². The zero-order chi connectivity index (χ0) is 10.9. The van der Waals surface area contributed by atoms with Crippen LogP contribution in [0.3, 0.4) is 0 Å².